The van der Waals surface area contributed by atoms with Crippen molar-refractivity contribution in [3.05, 3.63) is 65.1 Å². The van der Waals surface area contributed by atoms with Crippen molar-refractivity contribution in [3.8, 4) is 28.5 Å². The van der Waals surface area contributed by atoms with E-state index < -0.39 is 17.6 Å². The fourth-order valence-electron chi connectivity index (χ4n) is 3.55. The number of nitrogens with zero attached hydrogens (tertiary/aromatic N) is 2. The molecule has 0 spiro atoms. The third kappa shape index (κ3) is 4.43. The molecule has 2 amide bonds. The molecule has 2 aromatic carbocycles. The Morgan fingerprint density at radius 1 is 0.943 bits per heavy atom. The molecule has 4 rings (SSSR count). The molecule has 0 unspecified atom stereocenters. The van der Waals surface area contributed by atoms with Gasteiger partial charge in [0.2, 0.25) is 5.75 Å². The number of pyridine rings is 1. The zero-order chi connectivity index (χ0) is 25.1. The first kappa shape index (κ1) is 23.5. The molecule has 2 N–H and O–H groups in total. The number of amides is 2. The van der Waals surface area contributed by atoms with Crippen molar-refractivity contribution in [2.45, 2.75) is 6.92 Å². The van der Waals surface area contributed by atoms with Gasteiger partial charge >= 0.3 is 0 Å². The number of carbonyl (C=O) groups is 2. The molecule has 0 saturated carbocycles. The summed E-state index contributed by atoms with van der Waals surface area (Å²) in [5, 5.41) is 4.19. The number of benzene rings is 2. The zero-order valence-corrected chi connectivity index (χ0v) is 19.3. The minimum atomic E-state index is -0.679. The Labute approximate surface area is 199 Å². The molecule has 2 heterocycles. The normalized spacial score (nSPS) is 10.7. The Hall–Kier alpha value is -4.67. The molecule has 0 saturated heterocycles. The van der Waals surface area contributed by atoms with Gasteiger partial charge in [0.25, 0.3) is 17.5 Å². The maximum absolute atomic E-state index is 14.4. The summed E-state index contributed by atoms with van der Waals surface area (Å²) < 4.78 is 35.3. The molecule has 0 radical (unpaired) electrons. The monoisotopic (exact) mass is 480 g/mol. The van der Waals surface area contributed by atoms with Crippen LogP contribution in [0, 0.1) is 12.7 Å². The van der Waals surface area contributed by atoms with Gasteiger partial charge in [-0.25, -0.2) is 9.37 Å². The van der Waals surface area contributed by atoms with Gasteiger partial charge in [-0.05, 0) is 37.3 Å². The Morgan fingerprint density at radius 3 is 2.23 bits per heavy atom. The topological polar surface area (TPSA) is 125 Å². The number of methoxy groups -OCH3 is 3. The van der Waals surface area contributed by atoms with Gasteiger partial charge in [-0.2, -0.15) is 0 Å². The Morgan fingerprint density at radius 2 is 1.60 bits per heavy atom. The summed E-state index contributed by atoms with van der Waals surface area (Å²) in [5.41, 5.74) is 5.77. The third-order valence-corrected chi connectivity index (χ3v) is 5.23. The van der Waals surface area contributed by atoms with Crippen molar-refractivity contribution >= 4 is 22.9 Å². The Bertz CT molecular complexity index is 1410. The molecular weight excluding hydrogens is 459 g/mol. The number of aromatic nitrogens is 2. The van der Waals surface area contributed by atoms with Crippen LogP contribution in [0.1, 0.15) is 26.4 Å². The van der Waals surface area contributed by atoms with Crippen LogP contribution in [0.15, 0.2) is 47.0 Å². The Balaban J connectivity index is 1.64. The standard InChI is InChI=1S/C24H21FN4O6/c1-12-20-15(11-17(26-24(20)35-29-12)14-7-5-6-8-16(14)25)23(31)28-27-22(30)13-9-18(32-2)21(34-4)19(10-13)33-3/h5-11H,1-4H3,(H,27,30)(H,28,31). The van der Waals surface area contributed by atoms with Gasteiger partial charge in [0.1, 0.15) is 5.82 Å². The lowest BCUT2D eigenvalue weighted by atomic mass is 10.0. The molecular formula is C24H21FN4O6. The van der Waals surface area contributed by atoms with Gasteiger partial charge in [-0.15, -0.1) is 0 Å². The largest absolute Gasteiger partial charge is 0.493 e. The molecule has 180 valence electrons. The molecule has 2 aromatic heterocycles. The number of rotatable bonds is 6. The summed E-state index contributed by atoms with van der Waals surface area (Å²) in [5.74, 6) is -0.972. The highest BCUT2D eigenvalue weighted by Crippen LogP contribution is 2.38. The van der Waals surface area contributed by atoms with Gasteiger partial charge in [-0.1, -0.05) is 17.3 Å². The van der Waals surface area contributed by atoms with Crippen molar-refractivity contribution in [1.82, 2.24) is 21.0 Å². The number of fused-ring (bicyclic) bond motifs is 1. The van der Waals surface area contributed by atoms with E-state index in [1.165, 1.54) is 51.7 Å². The minimum Gasteiger partial charge on any atom is -0.493 e. The highest BCUT2D eigenvalue weighted by Gasteiger charge is 2.22. The van der Waals surface area contributed by atoms with Crippen molar-refractivity contribution in [3.63, 3.8) is 0 Å². The van der Waals surface area contributed by atoms with Crippen LogP contribution in [0.5, 0.6) is 17.2 Å². The second-order valence-electron chi connectivity index (χ2n) is 7.31. The molecule has 0 atom stereocenters. The van der Waals surface area contributed by atoms with Crippen molar-refractivity contribution in [1.29, 1.82) is 0 Å². The highest BCUT2D eigenvalue weighted by atomic mass is 19.1. The average Bonchev–Trinajstić information content (AvgIpc) is 3.26. The van der Waals surface area contributed by atoms with Gasteiger partial charge < -0.3 is 18.7 Å². The second kappa shape index (κ2) is 9.67. The first-order chi connectivity index (χ1) is 16.9. The van der Waals surface area contributed by atoms with Gasteiger partial charge in [0.15, 0.2) is 11.5 Å². The zero-order valence-electron chi connectivity index (χ0n) is 19.3. The van der Waals surface area contributed by atoms with E-state index in [-0.39, 0.29) is 39.6 Å². The van der Waals surface area contributed by atoms with E-state index in [4.69, 9.17) is 18.7 Å². The van der Waals surface area contributed by atoms with Crippen LogP contribution in [0.3, 0.4) is 0 Å². The first-order valence-corrected chi connectivity index (χ1v) is 10.3. The van der Waals surface area contributed by atoms with Gasteiger partial charge in [0, 0.05) is 11.1 Å². The van der Waals surface area contributed by atoms with E-state index >= 15 is 0 Å². The summed E-state index contributed by atoms with van der Waals surface area (Å²) in [6, 6.07) is 10.3. The lowest BCUT2D eigenvalue weighted by Crippen LogP contribution is -2.41. The molecule has 35 heavy (non-hydrogen) atoms. The maximum Gasteiger partial charge on any atom is 0.270 e. The number of hydrogen-bond acceptors (Lipinski definition) is 8. The molecule has 0 aliphatic heterocycles. The Kier molecular flexibility index (Phi) is 6.49. The SMILES string of the molecule is COc1cc(C(=O)NNC(=O)c2cc(-c3ccccc3F)nc3onc(C)c23)cc(OC)c1OC. The molecule has 10 nitrogen and oxygen atoms in total. The van der Waals surface area contributed by atoms with Crippen LogP contribution in [0.25, 0.3) is 22.4 Å². The number of nitrogens with one attached hydrogen (secondary N) is 2. The molecule has 0 fully saturated rings. The number of carbonyl (C=O) groups excluding carboxylic acids is 2. The number of hydrazine groups is 1. The first-order valence-electron chi connectivity index (χ1n) is 10.3. The molecule has 0 aliphatic rings. The molecule has 4 aromatic rings. The van der Waals surface area contributed by atoms with E-state index in [1.54, 1.807) is 19.1 Å². The number of ether oxygens (including phenoxy) is 3. The van der Waals surface area contributed by atoms with Crippen LogP contribution < -0.4 is 25.1 Å². The molecule has 0 bridgehead atoms. The smallest absolute Gasteiger partial charge is 0.270 e. The lowest BCUT2D eigenvalue weighted by molar-refractivity contribution is 0.0847. The van der Waals surface area contributed by atoms with Crippen LogP contribution in [0.2, 0.25) is 0 Å². The van der Waals surface area contributed by atoms with E-state index in [0.29, 0.717) is 16.8 Å². The fourth-order valence-corrected chi connectivity index (χ4v) is 3.55. The summed E-state index contributed by atoms with van der Waals surface area (Å²) in [7, 11) is 4.28. The summed E-state index contributed by atoms with van der Waals surface area (Å²) in [6.07, 6.45) is 0. The molecule has 11 heteroatoms. The van der Waals surface area contributed by atoms with E-state index in [0.717, 1.165) is 0 Å². The van der Waals surface area contributed by atoms with Crippen LogP contribution in [0.4, 0.5) is 4.39 Å². The maximum atomic E-state index is 14.4. The lowest BCUT2D eigenvalue weighted by Gasteiger charge is -2.14. The van der Waals surface area contributed by atoms with Gasteiger partial charge in [-0.3, -0.25) is 20.4 Å². The number of halogens is 1. The van der Waals surface area contributed by atoms with Crippen molar-refractivity contribution < 1.29 is 32.7 Å². The van der Waals surface area contributed by atoms with Gasteiger partial charge in [0.05, 0.1) is 43.7 Å². The van der Waals surface area contributed by atoms with Crippen LogP contribution in [-0.2, 0) is 0 Å². The van der Waals surface area contributed by atoms with E-state index in [1.807, 2.05) is 0 Å². The third-order valence-electron chi connectivity index (χ3n) is 5.23. The quantitative estimate of drug-likeness (QED) is 0.402. The van der Waals surface area contributed by atoms with Crippen molar-refractivity contribution in [2.75, 3.05) is 21.3 Å². The predicted molar refractivity (Wildman–Crippen MR) is 123 cm³/mol. The minimum absolute atomic E-state index is 0.0596. The second-order valence-corrected chi connectivity index (χ2v) is 7.31. The highest BCUT2D eigenvalue weighted by molar-refractivity contribution is 6.08. The number of aryl methyl sites for hydroxylation is 1. The fraction of sp³-hybridized carbons (Fsp3) is 0.167. The predicted octanol–water partition coefficient (Wildman–Crippen LogP) is 3.44. The van der Waals surface area contributed by atoms with Crippen molar-refractivity contribution in [2.24, 2.45) is 0 Å². The average molecular weight is 480 g/mol. The summed E-state index contributed by atoms with van der Waals surface area (Å²) >= 11 is 0. The van der Waals surface area contributed by atoms with E-state index in [9.17, 15) is 14.0 Å². The number of hydrogen-bond donors (Lipinski definition) is 2. The summed E-state index contributed by atoms with van der Waals surface area (Å²) in [6.45, 7) is 1.64. The van der Waals surface area contributed by atoms with E-state index in [2.05, 4.69) is 21.0 Å². The van der Waals surface area contributed by atoms with Crippen LogP contribution >= 0.6 is 0 Å². The summed E-state index contributed by atoms with van der Waals surface area (Å²) in [4.78, 5) is 30.1. The van der Waals surface area contributed by atoms with Crippen LogP contribution in [-0.4, -0.2) is 43.3 Å². The molecule has 0 aliphatic carbocycles.